The van der Waals surface area contributed by atoms with Gasteiger partial charge in [0, 0.05) is 18.6 Å². The monoisotopic (exact) mass is 268 g/mol. The quantitative estimate of drug-likeness (QED) is 0.760. The van der Waals surface area contributed by atoms with Crippen LogP contribution < -0.4 is 4.74 Å². The van der Waals surface area contributed by atoms with E-state index in [1.165, 1.54) is 17.3 Å². The van der Waals surface area contributed by atoms with Crippen LogP contribution in [0.4, 0.5) is 0 Å². The summed E-state index contributed by atoms with van der Waals surface area (Å²) in [6.45, 7) is 3.89. The Morgan fingerprint density at radius 2 is 2.00 bits per heavy atom. The van der Waals surface area contributed by atoms with Crippen LogP contribution in [0.25, 0.3) is 0 Å². The third-order valence-electron chi connectivity index (χ3n) is 2.22. The zero-order chi connectivity index (χ0) is 12.7. The van der Waals surface area contributed by atoms with Gasteiger partial charge in [-0.05, 0) is 31.3 Å². The molecule has 0 N–H and O–H groups in total. The molecule has 92 valence electrons. The Hall–Kier alpha value is -0.870. The van der Waals surface area contributed by atoms with Crippen molar-refractivity contribution in [2.75, 3.05) is 5.75 Å². The standard InChI is InChI=1S/C13H16O2S2/c1-3-11(14)8-9-17-13(16)15-12-6-4-10(2)5-7-12/h4-7H,3,8-9H2,1-2H3. The summed E-state index contributed by atoms with van der Waals surface area (Å²) < 4.78 is 5.94. The second-order valence-electron chi connectivity index (χ2n) is 3.66. The van der Waals surface area contributed by atoms with Gasteiger partial charge in [0.1, 0.15) is 11.5 Å². The number of carbonyl (C=O) groups excluding carboxylic acids is 1. The summed E-state index contributed by atoms with van der Waals surface area (Å²) in [5.41, 5.74) is 1.18. The molecule has 2 nitrogen and oxygen atoms in total. The lowest BCUT2D eigenvalue weighted by Gasteiger charge is -2.06. The van der Waals surface area contributed by atoms with Crippen LogP contribution >= 0.6 is 24.0 Å². The van der Waals surface area contributed by atoms with E-state index >= 15 is 0 Å². The first kappa shape index (κ1) is 14.2. The highest BCUT2D eigenvalue weighted by Gasteiger charge is 2.03. The minimum atomic E-state index is 0.260. The Morgan fingerprint density at radius 1 is 1.35 bits per heavy atom. The first-order valence-corrected chi connectivity index (χ1v) is 6.94. The largest absolute Gasteiger partial charge is 0.440 e. The number of hydrogen-bond donors (Lipinski definition) is 0. The fourth-order valence-corrected chi connectivity index (χ4v) is 2.15. The summed E-state index contributed by atoms with van der Waals surface area (Å²) in [4.78, 5) is 11.1. The van der Waals surface area contributed by atoms with Crippen LogP contribution in [-0.2, 0) is 4.79 Å². The number of Topliss-reactive ketones (excluding diaryl/α,β-unsaturated/α-hetero) is 1. The summed E-state index contributed by atoms with van der Waals surface area (Å²) in [5.74, 6) is 1.70. The Kier molecular flexibility index (Phi) is 6.22. The molecule has 0 aliphatic rings. The van der Waals surface area contributed by atoms with E-state index in [-0.39, 0.29) is 5.78 Å². The molecule has 1 aromatic rings. The zero-order valence-electron chi connectivity index (χ0n) is 10.1. The molecular weight excluding hydrogens is 252 g/mol. The Bertz CT molecular complexity index is 385. The van der Waals surface area contributed by atoms with E-state index in [9.17, 15) is 4.79 Å². The molecule has 1 aromatic carbocycles. The summed E-state index contributed by atoms with van der Waals surface area (Å²) in [6, 6.07) is 7.73. The lowest BCUT2D eigenvalue weighted by atomic mass is 10.2. The molecule has 0 radical (unpaired) electrons. The minimum Gasteiger partial charge on any atom is -0.440 e. The summed E-state index contributed by atoms with van der Waals surface area (Å²) >= 11 is 6.49. The fraction of sp³-hybridized carbons (Fsp3) is 0.385. The van der Waals surface area contributed by atoms with E-state index in [1.807, 2.05) is 38.1 Å². The van der Waals surface area contributed by atoms with Crippen molar-refractivity contribution in [1.29, 1.82) is 0 Å². The predicted octanol–water partition coefficient (Wildman–Crippen LogP) is 3.76. The topological polar surface area (TPSA) is 26.3 Å². The van der Waals surface area contributed by atoms with Crippen LogP contribution in [0.15, 0.2) is 24.3 Å². The number of aryl methyl sites for hydroxylation is 1. The molecule has 0 saturated carbocycles. The highest BCUT2D eigenvalue weighted by Crippen LogP contribution is 2.16. The maximum atomic E-state index is 11.1. The third kappa shape index (κ3) is 5.84. The van der Waals surface area contributed by atoms with Gasteiger partial charge in [0.15, 0.2) is 0 Å². The van der Waals surface area contributed by atoms with Gasteiger partial charge in [-0.3, -0.25) is 4.79 Å². The minimum absolute atomic E-state index is 0.260. The van der Waals surface area contributed by atoms with Crippen molar-refractivity contribution in [3.05, 3.63) is 29.8 Å². The van der Waals surface area contributed by atoms with Crippen molar-refractivity contribution in [3.8, 4) is 5.75 Å². The van der Waals surface area contributed by atoms with Crippen LogP contribution in [0, 0.1) is 6.92 Å². The molecule has 17 heavy (non-hydrogen) atoms. The lowest BCUT2D eigenvalue weighted by molar-refractivity contribution is -0.118. The number of hydrogen-bond acceptors (Lipinski definition) is 4. The molecular formula is C13H16O2S2. The van der Waals surface area contributed by atoms with Gasteiger partial charge in [-0.1, -0.05) is 36.4 Å². The second kappa shape index (κ2) is 7.45. The number of benzene rings is 1. The van der Waals surface area contributed by atoms with Gasteiger partial charge in [0.05, 0.1) is 0 Å². The number of ether oxygens (including phenoxy) is 1. The van der Waals surface area contributed by atoms with Gasteiger partial charge in [-0.2, -0.15) is 0 Å². The number of ketones is 1. The van der Waals surface area contributed by atoms with E-state index in [0.717, 1.165) is 5.75 Å². The molecule has 0 fully saturated rings. The zero-order valence-corrected chi connectivity index (χ0v) is 11.7. The van der Waals surface area contributed by atoms with Crippen LogP contribution in [0.1, 0.15) is 25.3 Å². The van der Waals surface area contributed by atoms with E-state index in [0.29, 0.717) is 23.0 Å². The molecule has 0 aliphatic carbocycles. The third-order valence-corrected chi connectivity index (χ3v) is 3.38. The molecule has 4 heteroatoms. The van der Waals surface area contributed by atoms with Crippen LogP contribution in [0.2, 0.25) is 0 Å². The molecule has 0 aromatic heterocycles. The van der Waals surface area contributed by atoms with Crippen LogP contribution in [-0.4, -0.2) is 15.9 Å². The number of thioether (sulfide) groups is 1. The van der Waals surface area contributed by atoms with Gasteiger partial charge in [0.25, 0.3) is 0 Å². The Morgan fingerprint density at radius 3 is 2.59 bits per heavy atom. The number of thiocarbonyl (C=S) groups is 1. The van der Waals surface area contributed by atoms with Crippen molar-refractivity contribution in [1.82, 2.24) is 0 Å². The molecule has 0 amide bonds. The Labute approximate surface area is 112 Å². The summed E-state index contributed by atoms with van der Waals surface area (Å²) in [5, 5.41) is 0. The Balaban J connectivity index is 2.30. The predicted molar refractivity (Wildman–Crippen MR) is 76.8 cm³/mol. The fourth-order valence-electron chi connectivity index (χ4n) is 1.16. The van der Waals surface area contributed by atoms with E-state index < -0.39 is 0 Å². The number of carbonyl (C=O) groups is 1. The van der Waals surface area contributed by atoms with Crippen molar-refractivity contribution < 1.29 is 9.53 Å². The van der Waals surface area contributed by atoms with Crippen molar-refractivity contribution >= 4 is 34.1 Å². The van der Waals surface area contributed by atoms with Gasteiger partial charge in [-0.15, -0.1) is 0 Å². The second-order valence-corrected chi connectivity index (χ2v) is 5.35. The van der Waals surface area contributed by atoms with Gasteiger partial charge >= 0.3 is 0 Å². The SMILES string of the molecule is CCC(=O)CCSC(=S)Oc1ccc(C)cc1. The number of rotatable bonds is 5. The average molecular weight is 268 g/mol. The highest BCUT2D eigenvalue weighted by atomic mass is 32.2. The smallest absolute Gasteiger partial charge is 0.225 e. The van der Waals surface area contributed by atoms with Gasteiger partial charge in [-0.25, -0.2) is 0 Å². The maximum Gasteiger partial charge on any atom is 0.225 e. The van der Waals surface area contributed by atoms with E-state index in [4.69, 9.17) is 17.0 Å². The van der Waals surface area contributed by atoms with Crippen LogP contribution in [0.5, 0.6) is 5.75 Å². The molecule has 1 rings (SSSR count). The molecule has 0 bridgehead atoms. The molecule has 0 aliphatic heterocycles. The summed E-state index contributed by atoms with van der Waals surface area (Å²) in [7, 11) is 0. The highest BCUT2D eigenvalue weighted by molar-refractivity contribution is 8.22. The lowest BCUT2D eigenvalue weighted by Crippen LogP contribution is -2.04. The maximum absolute atomic E-state index is 11.1. The average Bonchev–Trinajstić information content (AvgIpc) is 2.32. The van der Waals surface area contributed by atoms with E-state index in [2.05, 4.69) is 0 Å². The van der Waals surface area contributed by atoms with Gasteiger partial charge < -0.3 is 4.74 Å². The van der Waals surface area contributed by atoms with E-state index in [1.54, 1.807) is 0 Å². The molecule has 0 unspecified atom stereocenters. The van der Waals surface area contributed by atoms with Crippen molar-refractivity contribution in [3.63, 3.8) is 0 Å². The summed E-state index contributed by atoms with van der Waals surface area (Å²) in [6.07, 6.45) is 1.14. The molecule has 0 heterocycles. The first-order chi connectivity index (χ1) is 8.11. The molecule has 0 atom stereocenters. The van der Waals surface area contributed by atoms with Gasteiger partial charge in [0.2, 0.25) is 4.38 Å². The van der Waals surface area contributed by atoms with Crippen molar-refractivity contribution in [2.24, 2.45) is 0 Å². The normalized spacial score (nSPS) is 10.0. The molecule has 0 saturated heterocycles. The first-order valence-electron chi connectivity index (χ1n) is 5.54. The van der Waals surface area contributed by atoms with Crippen LogP contribution in [0.3, 0.4) is 0 Å². The molecule has 0 spiro atoms. The van der Waals surface area contributed by atoms with Crippen molar-refractivity contribution in [2.45, 2.75) is 26.7 Å².